The fraction of sp³-hybridized carbons (Fsp3) is 0.438. The van der Waals surface area contributed by atoms with Crippen molar-refractivity contribution in [1.82, 2.24) is 14.8 Å². The minimum absolute atomic E-state index is 0.0575. The topological polar surface area (TPSA) is 65.5 Å². The maximum Gasteiger partial charge on any atom is 0.243 e. The molecule has 1 fully saturated rings. The number of aromatic nitrogens is 1. The highest BCUT2D eigenvalue weighted by Crippen LogP contribution is 2.25. The van der Waals surface area contributed by atoms with E-state index < -0.39 is 0 Å². The highest BCUT2D eigenvalue weighted by molar-refractivity contribution is 7.22. The van der Waals surface area contributed by atoms with Gasteiger partial charge in [-0.05, 0) is 25.5 Å². The Kier molecular flexibility index (Phi) is 4.58. The molecule has 6 nitrogen and oxygen atoms in total. The summed E-state index contributed by atoms with van der Waals surface area (Å²) in [4.78, 5) is 32.5. The van der Waals surface area contributed by atoms with Crippen molar-refractivity contribution in [2.24, 2.45) is 0 Å². The Morgan fingerprint density at radius 2 is 2.13 bits per heavy atom. The van der Waals surface area contributed by atoms with Crippen LogP contribution in [0.2, 0.25) is 0 Å². The van der Waals surface area contributed by atoms with E-state index in [0.717, 1.165) is 29.7 Å². The van der Waals surface area contributed by atoms with Gasteiger partial charge in [0.25, 0.3) is 0 Å². The van der Waals surface area contributed by atoms with Gasteiger partial charge in [0.15, 0.2) is 5.13 Å². The van der Waals surface area contributed by atoms with Gasteiger partial charge in [0.05, 0.1) is 22.8 Å². The monoisotopic (exact) mass is 332 g/mol. The standard InChI is InChI=1S/C16H20N4O2S/c1-11(20-9-5-8-19(2)14(21)10-20)15(22)18-16-17-12-6-3-4-7-13(12)23-16/h3-4,6-7,11H,5,8-10H2,1-2H3,(H,17,18,22). The number of amides is 2. The average Bonchev–Trinajstić information content (AvgIpc) is 2.86. The smallest absolute Gasteiger partial charge is 0.243 e. The molecule has 7 heteroatoms. The summed E-state index contributed by atoms with van der Waals surface area (Å²) in [6.45, 7) is 3.60. The maximum absolute atomic E-state index is 12.5. The molecule has 0 spiro atoms. The largest absolute Gasteiger partial charge is 0.345 e. The van der Waals surface area contributed by atoms with Crippen LogP contribution in [0.25, 0.3) is 10.2 Å². The molecule has 2 amide bonds. The second kappa shape index (κ2) is 6.64. The first kappa shape index (κ1) is 15.9. The molecule has 122 valence electrons. The fourth-order valence-electron chi connectivity index (χ4n) is 2.64. The predicted molar refractivity (Wildman–Crippen MR) is 91.5 cm³/mol. The van der Waals surface area contributed by atoms with Crippen LogP contribution in [0.3, 0.4) is 0 Å². The summed E-state index contributed by atoms with van der Waals surface area (Å²) in [5.41, 5.74) is 0.882. The highest BCUT2D eigenvalue weighted by atomic mass is 32.1. The van der Waals surface area contributed by atoms with Crippen LogP contribution in [0.1, 0.15) is 13.3 Å². The van der Waals surface area contributed by atoms with Crippen molar-refractivity contribution < 1.29 is 9.59 Å². The zero-order chi connectivity index (χ0) is 16.4. The van der Waals surface area contributed by atoms with Gasteiger partial charge in [0.1, 0.15) is 0 Å². The second-order valence-corrected chi connectivity index (χ2v) is 6.82. The molecule has 2 aromatic rings. The number of benzene rings is 1. The summed E-state index contributed by atoms with van der Waals surface area (Å²) >= 11 is 1.46. The first-order valence-electron chi connectivity index (χ1n) is 7.69. The number of fused-ring (bicyclic) bond motifs is 1. The van der Waals surface area contributed by atoms with Gasteiger partial charge >= 0.3 is 0 Å². The number of likely N-dealkylation sites (N-methyl/N-ethyl adjacent to an activating group) is 1. The average molecular weight is 332 g/mol. The molecule has 1 aliphatic rings. The zero-order valence-corrected chi connectivity index (χ0v) is 14.1. The third kappa shape index (κ3) is 3.51. The van der Waals surface area contributed by atoms with Crippen molar-refractivity contribution in [1.29, 1.82) is 0 Å². The third-order valence-electron chi connectivity index (χ3n) is 4.15. The molecule has 0 aliphatic carbocycles. The van der Waals surface area contributed by atoms with Gasteiger partial charge in [-0.2, -0.15) is 0 Å². The number of hydrogen-bond donors (Lipinski definition) is 1. The van der Waals surface area contributed by atoms with E-state index in [-0.39, 0.29) is 24.4 Å². The SMILES string of the molecule is CC(C(=O)Nc1nc2ccccc2s1)N1CCCN(C)C(=O)C1. The van der Waals surface area contributed by atoms with Crippen molar-refractivity contribution in [2.75, 3.05) is 32.0 Å². The Morgan fingerprint density at radius 1 is 1.35 bits per heavy atom. The van der Waals surface area contributed by atoms with E-state index in [4.69, 9.17) is 0 Å². The van der Waals surface area contributed by atoms with Gasteiger partial charge in [-0.1, -0.05) is 23.5 Å². The number of hydrogen-bond acceptors (Lipinski definition) is 5. The van der Waals surface area contributed by atoms with Crippen LogP contribution in [-0.2, 0) is 9.59 Å². The maximum atomic E-state index is 12.5. The van der Waals surface area contributed by atoms with Gasteiger partial charge in [0, 0.05) is 20.1 Å². The highest BCUT2D eigenvalue weighted by Gasteiger charge is 2.27. The molecule has 1 aromatic carbocycles. The molecule has 2 heterocycles. The number of carbonyl (C=O) groups is 2. The molecule has 1 N–H and O–H groups in total. The van der Waals surface area contributed by atoms with Crippen LogP contribution in [-0.4, -0.2) is 59.3 Å². The Balaban J connectivity index is 1.68. The lowest BCUT2D eigenvalue weighted by molar-refractivity contribution is -0.131. The van der Waals surface area contributed by atoms with E-state index >= 15 is 0 Å². The zero-order valence-electron chi connectivity index (χ0n) is 13.3. The summed E-state index contributed by atoms with van der Waals surface area (Å²) in [6, 6.07) is 7.42. The van der Waals surface area contributed by atoms with Crippen LogP contribution < -0.4 is 5.32 Å². The first-order valence-corrected chi connectivity index (χ1v) is 8.50. The number of carbonyl (C=O) groups excluding carboxylic acids is 2. The summed E-state index contributed by atoms with van der Waals surface area (Å²) < 4.78 is 1.04. The molecule has 1 aliphatic heterocycles. The van der Waals surface area contributed by atoms with Gasteiger partial charge in [-0.25, -0.2) is 4.98 Å². The molecule has 1 aromatic heterocycles. The first-order chi connectivity index (χ1) is 11.0. The molecular formula is C16H20N4O2S. The normalized spacial score (nSPS) is 18.0. The van der Waals surface area contributed by atoms with Crippen LogP contribution in [0.5, 0.6) is 0 Å². The molecule has 0 radical (unpaired) electrons. The number of para-hydroxylation sites is 1. The van der Waals surface area contributed by atoms with Crippen LogP contribution in [0.4, 0.5) is 5.13 Å². The van der Waals surface area contributed by atoms with E-state index in [9.17, 15) is 9.59 Å². The number of nitrogens with zero attached hydrogens (tertiary/aromatic N) is 3. The molecule has 3 rings (SSSR count). The second-order valence-electron chi connectivity index (χ2n) is 5.79. The quantitative estimate of drug-likeness (QED) is 0.931. The van der Waals surface area contributed by atoms with Gasteiger partial charge < -0.3 is 10.2 Å². The van der Waals surface area contributed by atoms with E-state index in [1.807, 2.05) is 36.1 Å². The van der Waals surface area contributed by atoms with E-state index in [0.29, 0.717) is 5.13 Å². The van der Waals surface area contributed by atoms with Crippen molar-refractivity contribution in [3.63, 3.8) is 0 Å². The number of rotatable bonds is 3. The number of thiazole rings is 1. The molecule has 0 saturated carbocycles. The minimum Gasteiger partial charge on any atom is -0.345 e. The van der Waals surface area contributed by atoms with Crippen molar-refractivity contribution >= 4 is 38.5 Å². The van der Waals surface area contributed by atoms with Crippen LogP contribution in [0, 0.1) is 0 Å². The minimum atomic E-state index is -0.363. The van der Waals surface area contributed by atoms with Crippen LogP contribution in [0.15, 0.2) is 24.3 Å². The Hall–Kier alpha value is -1.99. The number of nitrogens with one attached hydrogen (secondary N) is 1. The fourth-order valence-corrected chi connectivity index (χ4v) is 3.51. The Labute approximate surface area is 139 Å². The van der Waals surface area contributed by atoms with E-state index in [2.05, 4.69) is 10.3 Å². The predicted octanol–water partition coefficient (Wildman–Crippen LogP) is 1.79. The molecule has 1 unspecified atom stereocenters. The lowest BCUT2D eigenvalue weighted by atomic mass is 10.2. The van der Waals surface area contributed by atoms with Crippen molar-refractivity contribution in [2.45, 2.75) is 19.4 Å². The van der Waals surface area contributed by atoms with Gasteiger partial charge in [0.2, 0.25) is 11.8 Å². The summed E-state index contributed by atoms with van der Waals surface area (Å²) in [5, 5.41) is 3.48. The molecular weight excluding hydrogens is 312 g/mol. The van der Waals surface area contributed by atoms with Gasteiger partial charge in [-0.15, -0.1) is 0 Å². The molecule has 1 atom stereocenters. The Morgan fingerprint density at radius 3 is 2.91 bits per heavy atom. The lowest BCUT2D eigenvalue weighted by Crippen LogP contribution is -2.45. The molecule has 23 heavy (non-hydrogen) atoms. The summed E-state index contributed by atoms with van der Waals surface area (Å²) in [5.74, 6) is -0.0662. The third-order valence-corrected chi connectivity index (χ3v) is 5.11. The molecule has 1 saturated heterocycles. The van der Waals surface area contributed by atoms with Crippen molar-refractivity contribution in [3.05, 3.63) is 24.3 Å². The lowest BCUT2D eigenvalue weighted by Gasteiger charge is -2.25. The Bertz CT molecular complexity index is 697. The summed E-state index contributed by atoms with van der Waals surface area (Å²) in [6.07, 6.45) is 0.876. The van der Waals surface area contributed by atoms with Crippen LogP contribution >= 0.6 is 11.3 Å². The van der Waals surface area contributed by atoms with E-state index in [1.165, 1.54) is 11.3 Å². The summed E-state index contributed by atoms with van der Waals surface area (Å²) in [7, 11) is 1.80. The van der Waals surface area contributed by atoms with E-state index in [1.54, 1.807) is 11.9 Å². The van der Waals surface area contributed by atoms with Crippen molar-refractivity contribution in [3.8, 4) is 0 Å². The number of anilines is 1. The molecule has 0 bridgehead atoms. The van der Waals surface area contributed by atoms with Gasteiger partial charge in [-0.3, -0.25) is 14.5 Å².